The van der Waals surface area contributed by atoms with Crippen molar-refractivity contribution in [3.63, 3.8) is 0 Å². The molecule has 0 aliphatic carbocycles. The summed E-state index contributed by atoms with van der Waals surface area (Å²) in [4.78, 5) is 39.9. The number of benzene rings is 1. The monoisotopic (exact) mass is 413 g/mol. The highest BCUT2D eigenvalue weighted by Gasteiger charge is 2.37. The van der Waals surface area contributed by atoms with Crippen molar-refractivity contribution in [1.82, 2.24) is 10.2 Å². The van der Waals surface area contributed by atoms with Crippen LogP contribution >= 0.6 is 11.8 Å². The van der Waals surface area contributed by atoms with Gasteiger partial charge in [0, 0.05) is 5.56 Å². The molecule has 1 aliphatic rings. The summed E-state index contributed by atoms with van der Waals surface area (Å²) in [5, 5.41) is 2.37. The summed E-state index contributed by atoms with van der Waals surface area (Å²) in [5.74, 6) is -1.13. The minimum Gasteiger partial charge on any atom is -0.467 e. The molecule has 0 spiro atoms. The zero-order valence-corrected chi connectivity index (χ0v) is 17.1. The second kappa shape index (κ2) is 9.00. The maximum absolute atomic E-state index is 12.9. The van der Waals surface area contributed by atoms with E-state index in [4.69, 9.17) is 10.2 Å². The first kappa shape index (κ1) is 20.7. The molecule has 2 heterocycles. The molecular weight excluding hydrogens is 390 g/mol. The van der Waals surface area contributed by atoms with E-state index in [0.717, 1.165) is 10.5 Å². The number of hydrogen-bond acceptors (Lipinski definition) is 5. The Morgan fingerprint density at radius 3 is 2.48 bits per heavy atom. The summed E-state index contributed by atoms with van der Waals surface area (Å²) in [7, 11) is 0. The van der Waals surface area contributed by atoms with Gasteiger partial charge in [-0.2, -0.15) is 0 Å². The zero-order chi connectivity index (χ0) is 21.0. The number of allylic oxidation sites excluding steroid dienone is 1. The predicted octanol–water partition coefficient (Wildman–Crippen LogP) is 2.51. The van der Waals surface area contributed by atoms with Crippen LogP contribution in [-0.4, -0.2) is 34.5 Å². The van der Waals surface area contributed by atoms with Crippen molar-refractivity contribution in [3.05, 3.63) is 70.5 Å². The van der Waals surface area contributed by atoms with Gasteiger partial charge in [0.05, 0.1) is 24.1 Å². The smallest absolute Gasteiger partial charge is 0.254 e. The molecule has 29 heavy (non-hydrogen) atoms. The molecule has 3 N–H and O–H groups in total. The largest absolute Gasteiger partial charge is 0.467 e. The Kier molecular flexibility index (Phi) is 6.43. The van der Waals surface area contributed by atoms with Crippen molar-refractivity contribution in [3.8, 4) is 0 Å². The van der Waals surface area contributed by atoms with Gasteiger partial charge in [-0.1, -0.05) is 18.2 Å². The van der Waals surface area contributed by atoms with Crippen LogP contribution in [0.3, 0.4) is 0 Å². The van der Waals surface area contributed by atoms with Crippen molar-refractivity contribution >= 4 is 29.5 Å². The fraction of sp³-hybridized carbons (Fsp3) is 0.286. The summed E-state index contributed by atoms with van der Waals surface area (Å²) in [6, 6.07) is 12.2. The van der Waals surface area contributed by atoms with E-state index in [0.29, 0.717) is 11.3 Å². The summed E-state index contributed by atoms with van der Waals surface area (Å²) < 4.78 is 5.34. The van der Waals surface area contributed by atoms with Gasteiger partial charge >= 0.3 is 0 Å². The highest BCUT2D eigenvalue weighted by molar-refractivity contribution is 8.03. The Morgan fingerprint density at radius 2 is 1.86 bits per heavy atom. The van der Waals surface area contributed by atoms with Crippen molar-refractivity contribution in [2.45, 2.75) is 25.8 Å². The first-order valence-corrected chi connectivity index (χ1v) is 10.0. The predicted molar refractivity (Wildman–Crippen MR) is 110 cm³/mol. The third kappa shape index (κ3) is 4.89. The molecule has 2 unspecified atom stereocenters. The van der Waals surface area contributed by atoms with Gasteiger partial charge in [-0.15, -0.1) is 11.8 Å². The Hall–Kier alpha value is -3.00. The third-order valence-electron chi connectivity index (χ3n) is 4.81. The summed E-state index contributed by atoms with van der Waals surface area (Å²) >= 11 is 1.40. The maximum atomic E-state index is 12.9. The maximum Gasteiger partial charge on any atom is 0.254 e. The number of hydrogen-bond donors (Lipinski definition) is 2. The molecule has 1 aromatic carbocycles. The number of rotatable bonds is 7. The number of nitrogens with zero attached hydrogens (tertiary/aromatic N) is 1. The van der Waals surface area contributed by atoms with Crippen LogP contribution in [0.25, 0.3) is 0 Å². The molecule has 0 radical (unpaired) electrons. The molecule has 7 nitrogen and oxygen atoms in total. The van der Waals surface area contributed by atoms with Gasteiger partial charge in [0.15, 0.2) is 0 Å². The van der Waals surface area contributed by atoms with Gasteiger partial charge in [0.25, 0.3) is 5.91 Å². The first-order valence-electron chi connectivity index (χ1n) is 9.16. The van der Waals surface area contributed by atoms with E-state index in [1.54, 1.807) is 36.4 Å². The normalized spacial score (nSPS) is 18.6. The van der Waals surface area contributed by atoms with Gasteiger partial charge in [-0.05, 0) is 48.6 Å². The van der Waals surface area contributed by atoms with Crippen LogP contribution in [-0.2, 0) is 16.1 Å². The standard InChI is InChI=1S/C21H23N3O4S/c1-13-14(2)29-20(18(13)19(22)26)23-17(25)12-24(11-16-9-6-10-28-16)21(27)15-7-4-3-5-8-15/h3-10,18,20H,11-12H2,1-2H3,(H2,22,26)(H,23,25). The molecular formula is C21H23N3O4S. The number of carbonyl (C=O) groups is 3. The average Bonchev–Trinajstić information content (AvgIpc) is 3.29. The van der Waals surface area contributed by atoms with E-state index < -0.39 is 17.2 Å². The number of nitrogens with two attached hydrogens (primary N) is 1. The summed E-state index contributed by atoms with van der Waals surface area (Å²) in [6.45, 7) is 3.72. The van der Waals surface area contributed by atoms with E-state index in [1.807, 2.05) is 19.9 Å². The quantitative estimate of drug-likeness (QED) is 0.726. The van der Waals surface area contributed by atoms with Gasteiger partial charge in [0.2, 0.25) is 11.8 Å². The Bertz CT molecular complexity index is 925. The minimum absolute atomic E-state index is 0.154. The van der Waals surface area contributed by atoms with Crippen LogP contribution in [0.2, 0.25) is 0 Å². The van der Waals surface area contributed by atoms with E-state index in [-0.39, 0.29) is 24.9 Å². The van der Waals surface area contributed by atoms with E-state index >= 15 is 0 Å². The SMILES string of the molecule is CC1=C(C)C(C(N)=O)C(NC(=O)CN(Cc2ccco2)C(=O)c2ccccc2)S1. The van der Waals surface area contributed by atoms with Gasteiger partial charge < -0.3 is 20.4 Å². The first-order chi connectivity index (χ1) is 13.9. The van der Waals surface area contributed by atoms with Crippen LogP contribution in [0, 0.1) is 5.92 Å². The number of carbonyl (C=O) groups excluding carboxylic acids is 3. The molecule has 0 saturated heterocycles. The summed E-state index contributed by atoms with van der Waals surface area (Å²) in [5.41, 5.74) is 6.86. The lowest BCUT2D eigenvalue weighted by Crippen LogP contribution is -2.46. The van der Waals surface area contributed by atoms with Crippen molar-refractivity contribution in [2.24, 2.45) is 11.7 Å². The molecule has 0 bridgehead atoms. The molecule has 1 aliphatic heterocycles. The van der Waals surface area contributed by atoms with Crippen molar-refractivity contribution < 1.29 is 18.8 Å². The van der Waals surface area contributed by atoms with Crippen LogP contribution in [0.4, 0.5) is 0 Å². The topological polar surface area (TPSA) is 106 Å². The molecule has 2 atom stereocenters. The number of furan rings is 1. The van der Waals surface area contributed by atoms with Gasteiger partial charge in [-0.3, -0.25) is 14.4 Å². The molecule has 152 valence electrons. The molecule has 3 amide bonds. The second-order valence-corrected chi connectivity index (χ2v) is 8.19. The molecule has 0 fully saturated rings. The number of thioether (sulfide) groups is 1. The Labute approximate surface area is 173 Å². The van der Waals surface area contributed by atoms with E-state index in [1.165, 1.54) is 22.9 Å². The van der Waals surface area contributed by atoms with E-state index in [9.17, 15) is 14.4 Å². The lowest BCUT2D eigenvalue weighted by atomic mass is 9.99. The van der Waals surface area contributed by atoms with Crippen LogP contribution < -0.4 is 11.1 Å². The zero-order valence-electron chi connectivity index (χ0n) is 16.3. The molecule has 8 heteroatoms. The number of primary amides is 1. The lowest BCUT2D eigenvalue weighted by Gasteiger charge is -2.24. The third-order valence-corrected chi connectivity index (χ3v) is 6.13. The van der Waals surface area contributed by atoms with E-state index in [2.05, 4.69) is 5.32 Å². The summed E-state index contributed by atoms with van der Waals surface area (Å²) in [6.07, 6.45) is 1.52. The molecule has 2 aromatic rings. The molecule has 0 saturated carbocycles. The highest BCUT2D eigenvalue weighted by atomic mass is 32.2. The van der Waals surface area contributed by atoms with Crippen LogP contribution in [0.1, 0.15) is 30.0 Å². The van der Waals surface area contributed by atoms with Crippen LogP contribution in [0.15, 0.2) is 63.6 Å². The Morgan fingerprint density at radius 1 is 1.14 bits per heavy atom. The average molecular weight is 413 g/mol. The molecule has 1 aromatic heterocycles. The fourth-order valence-electron chi connectivity index (χ4n) is 3.20. The lowest BCUT2D eigenvalue weighted by molar-refractivity contribution is -0.123. The van der Waals surface area contributed by atoms with Crippen LogP contribution in [0.5, 0.6) is 0 Å². The van der Waals surface area contributed by atoms with Crippen molar-refractivity contribution in [1.29, 1.82) is 0 Å². The number of nitrogens with one attached hydrogen (secondary N) is 1. The molecule has 3 rings (SSSR count). The highest BCUT2D eigenvalue weighted by Crippen LogP contribution is 2.40. The van der Waals surface area contributed by atoms with Gasteiger partial charge in [0.1, 0.15) is 12.3 Å². The Balaban J connectivity index is 1.73. The van der Waals surface area contributed by atoms with Crippen molar-refractivity contribution in [2.75, 3.05) is 6.54 Å². The second-order valence-electron chi connectivity index (χ2n) is 6.83. The van der Waals surface area contributed by atoms with Gasteiger partial charge in [-0.25, -0.2) is 0 Å². The number of amides is 3. The minimum atomic E-state index is -0.563. The fourth-order valence-corrected chi connectivity index (χ4v) is 4.56.